The molecule has 1 saturated carbocycles. The molecule has 0 aromatic heterocycles. The highest BCUT2D eigenvalue weighted by molar-refractivity contribution is 6.18. The van der Waals surface area contributed by atoms with Gasteiger partial charge in [-0.05, 0) is 52.5 Å². The molecule has 31 heavy (non-hydrogen) atoms. The molecule has 0 radical (unpaired) electrons. The van der Waals surface area contributed by atoms with Crippen molar-refractivity contribution < 1.29 is 9.90 Å². The third-order valence-corrected chi connectivity index (χ3v) is 5.94. The van der Waals surface area contributed by atoms with Gasteiger partial charge in [0.1, 0.15) is 5.75 Å². The topological polar surface area (TPSA) is 61.4 Å². The summed E-state index contributed by atoms with van der Waals surface area (Å²) in [5, 5.41) is 17.1. The molecular formula is C27H32N2O2. The van der Waals surface area contributed by atoms with Gasteiger partial charge in [0.2, 0.25) is 0 Å². The van der Waals surface area contributed by atoms with E-state index < -0.39 is 0 Å². The number of carbonyl (C=O) groups is 1. The maximum Gasteiger partial charge on any atom is 0.257 e. The highest BCUT2D eigenvalue weighted by Gasteiger charge is 2.31. The maximum absolute atomic E-state index is 13.5. The lowest BCUT2D eigenvalue weighted by atomic mass is 9.79. The van der Waals surface area contributed by atoms with Gasteiger partial charge in [-0.1, -0.05) is 65.3 Å². The molecule has 162 valence electrons. The number of hydrogen-bond acceptors (Lipinski definition) is 3. The third-order valence-electron chi connectivity index (χ3n) is 5.94. The quantitative estimate of drug-likeness (QED) is 0.525. The highest BCUT2D eigenvalue weighted by atomic mass is 16.3. The van der Waals surface area contributed by atoms with Gasteiger partial charge in [-0.25, -0.2) is 0 Å². The molecule has 0 saturated heterocycles. The van der Waals surface area contributed by atoms with E-state index in [1.807, 2.05) is 24.3 Å². The largest absolute Gasteiger partial charge is 0.508 e. The van der Waals surface area contributed by atoms with E-state index in [1.165, 1.54) is 5.57 Å². The summed E-state index contributed by atoms with van der Waals surface area (Å²) in [5.74, 6) is 0.0440. The molecule has 1 fully saturated rings. The molecule has 3 N–H and O–H groups in total. The fourth-order valence-corrected chi connectivity index (χ4v) is 4.17. The summed E-state index contributed by atoms with van der Waals surface area (Å²) in [6.45, 7) is 12.6. The van der Waals surface area contributed by atoms with Crippen LogP contribution in [0, 0.1) is 0 Å². The van der Waals surface area contributed by atoms with Crippen molar-refractivity contribution in [1.29, 1.82) is 0 Å². The van der Waals surface area contributed by atoms with Crippen molar-refractivity contribution in [3.63, 3.8) is 0 Å². The van der Waals surface area contributed by atoms with Crippen LogP contribution in [0.15, 0.2) is 53.7 Å². The Hall–Kier alpha value is -3.01. The molecule has 0 bridgehead atoms. The first-order valence-electron chi connectivity index (χ1n) is 10.9. The van der Waals surface area contributed by atoms with Crippen LogP contribution in [-0.4, -0.2) is 11.0 Å². The van der Waals surface area contributed by atoms with Gasteiger partial charge in [-0.3, -0.25) is 4.79 Å². The lowest BCUT2D eigenvalue weighted by Crippen LogP contribution is -2.23. The highest BCUT2D eigenvalue weighted by Crippen LogP contribution is 2.45. The number of allylic oxidation sites excluding steroid dienone is 1. The lowest BCUT2D eigenvalue weighted by molar-refractivity contribution is -0.112. The van der Waals surface area contributed by atoms with Gasteiger partial charge in [0.25, 0.3) is 5.91 Å². The Labute approximate surface area is 185 Å². The Bertz CT molecular complexity index is 1120. The summed E-state index contributed by atoms with van der Waals surface area (Å²) in [6.07, 6.45) is 3.86. The van der Waals surface area contributed by atoms with E-state index in [4.69, 9.17) is 0 Å². The first-order valence-corrected chi connectivity index (χ1v) is 10.9. The molecule has 1 aliphatic heterocycles. The summed E-state index contributed by atoms with van der Waals surface area (Å²) < 4.78 is 0. The SMILES string of the molecule is CC(C)(C)c1cc(C(C)(C)C)c(NC(=O)C2=CNc3ccccc3C2=C2CC2)cc1O. The number of phenols is 1. The minimum Gasteiger partial charge on any atom is -0.508 e. The van der Waals surface area contributed by atoms with Crippen molar-refractivity contribution in [2.75, 3.05) is 10.6 Å². The van der Waals surface area contributed by atoms with Gasteiger partial charge in [-0.2, -0.15) is 0 Å². The van der Waals surface area contributed by atoms with Crippen LogP contribution < -0.4 is 10.6 Å². The summed E-state index contributed by atoms with van der Waals surface area (Å²) in [7, 11) is 0. The van der Waals surface area contributed by atoms with E-state index in [-0.39, 0.29) is 22.5 Å². The number of hydrogen-bond donors (Lipinski definition) is 3. The van der Waals surface area contributed by atoms with Crippen LogP contribution in [0.1, 0.15) is 71.1 Å². The minimum atomic E-state index is -0.199. The van der Waals surface area contributed by atoms with Crippen molar-refractivity contribution in [3.05, 3.63) is 70.4 Å². The molecule has 4 nitrogen and oxygen atoms in total. The van der Waals surface area contributed by atoms with E-state index in [2.05, 4.69) is 58.2 Å². The van der Waals surface area contributed by atoms with E-state index in [0.717, 1.165) is 40.8 Å². The molecule has 0 unspecified atom stereocenters. The van der Waals surface area contributed by atoms with Gasteiger partial charge in [0.15, 0.2) is 0 Å². The smallest absolute Gasteiger partial charge is 0.257 e. The van der Waals surface area contributed by atoms with Crippen LogP contribution in [0.2, 0.25) is 0 Å². The number of carbonyl (C=O) groups excluding carboxylic acids is 1. The molecule has 1 amide bonds. The predicted molar refractivity (Wildman–Crippen MR) is 128 cm³/mol. The summed E-state index contributed by atoms with van der Waals surface area (Å²) >= 11 is 0. The summed E-state index contributed by atoms with van der Waals surface area (Å²) in [4.78, 5) is 13.5. The molecular weight excluding hydrogens is 384 g/mol. The molecule has 2 aromatic rings. The monoisotopic (exact) mass is 416 g/mol. The van der Waals surface area contributed by atoms with Gasteiger partial charge in [0.05, 0.1) is 5.57 Å². The summed E-state index contributed by atoms with van der Waals surface area (Å²) in [6, 6.07) is 11.8. The van der Waals surface area contributed by atoms with Gasteiger partial charge in [0, 0.05) is 29.2 Å². The average Bonchev–Trinajstić information content (AvgIpc) is 3.50. The number of fused-ring (bicyclic) bond motifs is 1. The number of amides is 1. The number of para-hydroxylation sites is 1. The van der Waals surface area contributed by atoms with Crippen LogP contribution in [0.4, 0.5) is 11.4 Å². The van der Waals surface area contributed by atoms with Gasteiger partial charge < -0.3 is 15.7 Å². The van der Waals surface area contributed by atoms with Crippen LogP contribution >= 0.6 is 0 Å². The number of phenolic OH excluding ortho intramolecular Hbond substituents is 1. The average molecular weight is 417 g/mol. The Morgan fingerprint density at radius 1 is 0.968 bits per heavy atom. The lowest BCUT2D eigenvalue weighted by Gasteiger charge is -2.29. The molecule has 1 aliphatic carbocycles. The van der Waals surface area contributed by atoms with Crippen molar-refractivity contribution in [3.8, 4) is 5.75 Å². The Kier molecular flexibility index (Phi) is 5.00. The normalized spacial score (nSPS) is 15.7. The zero-order chi connectivity index (χ0) is 22.6. The molecule has 0 spiro atoms. The second kappa shape index (κ2) is 7.30. The number of nitrogens with one attached hydrogen (secondary N) is 2. The van der Waals surface area contributed by atoms with Crippen LogP contribution in [0.3, 0.4) is 0 Å². The Balaban J connectivity index is 1.73. The third kappa shape index (κ3) is 4.12. The van der Waals surface area contributed by atoms with Crippen molar-refractivity contribution in [1.82, 2.24) is 0 Å². The number of aromatic hydroxyl groups is 1. The second-order valence-electron chi connectivity index (χ2n) is 10.6. The van der Waals surface area contributed by atoms with Crippen molar-refractivity contribution >= 4 is 22.9 Å². The van der Waals surface area contributed by atoms with E-state index in [9.17, 15) is 9.90 Å². The zero-order valence-electron chi connectivity index (χ0n) is 19.3. The molecule has 2 aromatic carbocycles. The molecule has 1 heterocycles. The fraction of sp³-hybridized carbons (Fsp3) is 0.370. The second-order valence-corrected chi connectivity index (χ2v) is 10.6. The minimum absolute atomic E-state index is 0.162. The van der Waals surface area contributed by atoms with Crippen molar-refractivity contribution in [2.45, 2.75) is 65.2 Å². The van der Waals surface area contributed by atoms with E-state index >= 15 is 0 Å². The molecule has 4 heteroatoms. The van der Waals surface area contributed by atoms with Gasteiger partial charge in [-0.15, -0.1) is 0 Å². The predicted octanol–water partition coefficient (Wildman–Crippen LogP) is 6.48. The summed E-state index contributed by atoms with van der Waals surface area (Å²) in [5.41, 5.74) is 7.25. The Morgan fingerprint density at radius 2 is 1.61 bits per heavy atom. The maximum atomic E-state index is 13.5. The standard InChI is InChI=1S/C27H32N2O2/c1-26(2,3)19-13-20(27(4,5)6)23(30)14-22(19)29-25(31)18-15-28-21-10-8-7-9-17(21)24(18)16-11-12-16/h7-10,13-15,28,30H,11-12H2,1-6H3,(H,29,31). The van der Waals surface area contributed by atoms with Crippen LogP contribution in [-0.2, 0) is 15.6 Å². The van der Waals surface area contributed by atoms with Gasteiger partial charge >= 0.3 is 0 Å². The molecule has 2 aliphatic rings. The van der Waals surface area contributed by atoms with Crippen LogP contribution in [0.5, 0.6) is 5.75 Å². The molecule has 4 rings (SSSR count). The van der Waals surface area contributed by atoms with E-state index in [0.29, 0.717) is 11.3 Å². The van der Waals surface area contributed by atoms with E-state index in [1.54, 1.807) is 12.3 Å². The molecule has 0 atom stereocenters. The first-order chi connectivity index (χ1) is 14.5. The number of benzene rings is 2. The fourth-order valence-electron chi connectivity index (χ4n) is 4.17. The Morgan fingerprint density at radius 3 is 2.23 bits per heavy atom. The first kappa shape index (κ1) is 21.2. The van der Waals surface area contributed by atoms with Crippen molar-refractivity contribution in [2.24, 2.45) is 0 Å². The van der Waals surface area contributed by atoms with Crippen LogP contribution in [0.25, 0.3) is 5.57 Å². The number of rotatable bonds is 2. The number of anilines is 2. The zero-order valence-corrected chi connectivity index (χ0v) is 19.3.